The molecule has 0 aromatic heterocycles. The number of ketones is 1. The molecule has 0 spiro atoms. The second-order valence-corrected chi connectivity index (χ2v) is 9.19. The predicted molar refractivity (Wildman–Crippen MR) is 120 cm³/mol. The number of nitrogens with zero attached hydrogens (tertiary/aromatic N) is 2. The highest BCUT2D eigenvalue weighted by atomic mass is 19.1. The Morgan fingerprint density at radius 3 is 2.33 bits per heavy atom. The quantitative estimate of drug-likeness (QED) is 0.540. The molecule has 1 heterocycles. The summed E-state index contributed by atoms with van der Waals surface area (Å²) in [5.41, 5.74) is 0.744. The highest BCUT2D eigenvalue weighted by molar-refractivity contribution is 5.82. The maximum Gasteiger partial charge on any atom is 0.161 e. The number of carbonyl (C=O) groups excluding carboxylic acids is 1. The Bertz CT molecular complexity index is 652. The van der Waals surface area contributed by atoms with E-state index in [-0.39, 0.29) is 17.7 Å². The lowest BCUT2D eigenvalue weighted by molar-refractivity contribution is -0.128. The minimum Gasteiger partial charge on any atom is -0.374 e. The van der Waals surface area contributed by atoms with Crippen molar-refractivity contribution in [1.29, 1.82) is 0 Å². The third-order valence-electron chi connectivity index (χ3n) is 7.23. The fourth-order valence-corrected chi connectivity index (χ4v) is 4.99. The molecule has 2 fully saturated rings. The highest BCUT2D eigenvalue weighted by Crippen LogP contribution is 2.34. The van der Waals surface area contributed by atoms with Gasteiger partial charge in [-0.1, -0.05) is 44.2 Å². The number of ether oxygens (including phenoxy) is 1. The molecule has 1 aliphatic heterocycles. The standard InChI is InChI=1S/C25H39FN2O2/c1-20(30-2)25(29)9-5-6-21-10-12-22(13-11-21)14-15-27-16-18-28(19-17-27)24-8-4-3-7-23(24)26/h3-4,7-8,20-22H,5-6,9-19H2,1-2H3/t20-,21?,22?/m0/s1. The average molecular weight is 419 g/mol. The molecular weight excluding hydrogens is 379 g/mol. The van der Waals surface area contributed by atoms with Gasteiger partial charge in [0, 0.05) is 39.7 Å². The first-order chi connectivity index (χ1) is 14.6. The lowest BCUT2D eigenvalue weighted by Gasteiger charge is -2.37. The number of para-hydroxylation sites is 1. The van der Waals surface area contributed by atoms with Crippen molar-refractivity contribution in [3.8, 4) is 0 Å². The first-order valence-electron chi connectivity index (χ1n) is 11.8. The minimum absolute atomic E-state index is 0.111. The van der Waals surface area contributed by atoms with E-state index in [2.05, 4.69) is 9.80 Å². The van der Waals surface area contributed by atoms with Crippen LogP contribution in [-0.2, 0) is 9.53 Å². The molecule has 0 radical (unpaired) electrons. The molecule has 5 heteroatoms. The fraction of sp³-hybridized carbons (Fsp3) is 0.720. The van der Waals surface area contributed by atoms with E-state index in [9.17, 15) is 9.18 Å². The Morgan fingerprint density at radius 2 is 1.70 bits per heavy atom. The number of piperazine rings is 1. The number of methoxy groups -OCH3 is 1. The van der Waals surface area contributed by atoms with Gasteiger partial charge in [0.2, 0.25) is 0 Å². The molecule has 168 valence electrons. The van der Waals surface area contributed by atoms with Crippen LogP contribution in [-0.4, -0.2) is 56.6 Å². The zero-order valence-corrected chi connectivity index (χ0v) is 18.8. The molecule has 3 rings (SSSR count). The van der Waals surface area contributed by atoms with Crippen LogP contribution in [0.1, 0.15) is 58.3 Å². The lowest BCUT2D eigenvalue weighted by atomic mass is 9.78. The van der Waals surface area contributed by atoms with Crippen molar-refractivity contribution in [3.05, 3.63) is 30.1 Å². The summed E-state index contributed by atoms with van der Waals surface area (Å²) in [5.74, 6) is 1.78. The van der Waals surface area contributed by atoms with Crippen LogP contribution < -0.4 is 4.90 Å². The summed E-state index contributed by atoms with van der Waals surface area (Å²) in [6, 6.07) is 7.11. The normalized spacial score (nSPS) is 24.0. The number of Topliss-reactive ketones (excluding diaryl/α,β-unsaturated/α-hetero) is 1. The van der Waals surface area contributed by atoms with Crippen LogP contribution in [0.4, 0.5) is 10.1 Å². The van der Waals surface area contributed by atoms with Gasteiger partial charge in [0.15, 0.2) is 5.78 Å². The summed E-state index contributed by atoms with van der Waals surface area (Å²) in [6.45, 7) is 6.88. The van der Waals surface area contributed by atoms with Gasteiger partial charge in [0.25, 0.3) is 0 Å². The number of halogens is 1. The van der Waals surface area contributed by atoms with E-state index in [0.29, 0.717) is 6.42 Å². The van der Waals surface area contributed by atoms with E-state index in [0.717, 1.165) is 50.1 Å². The predicted octanol–water partition coefficient (Wildman–Crippen LogP) is 4.92. The van der Waals surface area contributed by atoms with Crippen LogP contribution >= 0.6 is 0 Å². The Hall–Kier alpha value is -1.46. The third kappa shape index (κ3) is 6.78. The van der Waals surface area contributed by atoms with Crippen LogP contribution in [0.15, 0.2) is 24.3 Å². The molecule has 1 saturated heterocycles. The van der Waals surface area contributed by atoms with Crippen molar-refractivity contribution >= 4 is 11.5 Å². The molecular formula is C25H39FN2O2. The highest BCUT2D eigenvalue weighted by Gasteiger charge is 2.24. The van der Waals surface area contributed by atoms with Crippen molar-refractivity contribution in [2.24, 2.45) is 11.8 Å². The first-order valence-corrected chi connectivity index (χ1v) is 11.8. The van der Waals surface area contributed by atoms with Gasteiger partial charge in [0.05, 0.1) is 5.69 Å². The number of hydrogen-bond donors (Lipinski definition) is 0. The largest absolute Gasteiger partial charge is 0.374 e. The van der Waals surface area contributed by atoms with E-state index in [4.69, 9.17) is 4.74 Å². The molecule has 2 aliphatic rings. The summed E-state index contributed by atoms with van der Waals surface area (Å²) in [7, 11) is 1.60. The number of anilines is 1. The van der Waals surface area contributed by atoms with Gasteiger partial charge in [-0.25, -0.2) is 4.39 Å². The Morgan fingerprint density at radius 1 is 1.07 bits per heavy atom. The van der Waals surface area contributed by atoms with Crippen LogP contribution in [0.25, 0.3) is 0 Å². The van der Waals surface area contributed by atoms with Crippen molar-refractivity contribution < 1.29 is 13.9 Å². The van der Waals surface area contributed by atoms with Gasteiger partial charge in [-0.2, -0.15) is 0 Å². The zero-order valence-electron chi connectivity index (χ0n) is 18.8. The molecule has 1 aromatic carbocycles. The van der Waals surface area contributed by atoms with Crippen molar-refractivity contribution in [2.75, 3.05) is 44.7 Å². The van der Waals surface area contributed by atoms with Crippen LogP contribution in [0.5, 0.6) is 0 Å². The van der Waals surface area contributed by atoms with E-state index in [1.54, 1.807) is 19.2 Å². The molecule has 0 N–H and O–H groups in total. The summed E-state index contributed by atoms with van der Waals surface area (Å²) >= 11 is 0. The summed E-state index contributed by atoms with van der Waals surface area (Å²) < 4.78 is 19.1. The van der Waals surface area contributed by atoms with Crippen LogP contribution in [0, 0.1) is 17.7 Å². The Kier molecular flexibility index (Phi) is 9.13. The van der Waals surface area contributed by atoms with Gasteiger partial charge in [0.1, 0.15) is 11.9 Å². The third-order valence-corrected chi connectivity index (χ3v) is 7.23. The Labute approximate surface area is 181 Å². The lowest BCUT2D eigenvalue weighted by Crippen LogP contribution is -2.47. The summed E-state index contributed by atoms with van der Waals surface area (Å²) in [6.07, 6.45) is 9.20. The molecule has 30 heavy (non-hydrogen) atoms. The van der Waals surface area contributed by atoms with Crippen molar-refractivity contribution in [1.82, 2.24) is 4.90 Å². The van der Waals surface area contributed by atoms with Gasteiger partial charge in [-0.3, -0.25) is 9.69 Å². The molecule has 0 bridgehead atoms. The molecule has 0 amide bonds. The smallest absolute Gasteiger partial charge is 0.161 e. The molecule has 1 atom stereocenters. The number of carbonyl (C=O) groups is 1. The molecule has 1 aromatic rings. The second-order valence-electron chi connectivity index (χ2n) is 9.19. The van der Waals surface area contributed by atoms with Gasteiger partial charge >= 0.3 is 0 Å². The van der Waals surface area contributed by atoms with Gasteiger partial charge in [-0.15, -0.1) is 0 Å². The number of hydrogen-bond acceptors (Lipinski definition) is 4. The van der Waals surface area contributed by atoms with Gasteiger partial charge in [-0.05, 0) is 50.3 Å². The topological polar surface area (TPSA) is 32.8 Å². The number of benzene rings is 1. The number of rotatable bonds is 10. The molecule has 1 saturated carbocycles. The van der Waals surface area contributed by atoms with E-state index in [1.807, 2.05) is 19.1 Å². The van der Waals surface area contributed by atoms with E-state index in [1.165, 1.54) is 45.1 Å². The maximum absolute atomic E-state index is 14.0. The average Bonchev–Trinajstić information content (AvgIpc) is 2.78. The monoisotopic (exact) mass is 418 g/mol. The molecule has 4 nitrogen and oxygen atoms in total. The second kappa shape index (κ2) is 11.8. The molecule has 1 aliphatic carbocycles. The molecule has 0 unspecified atom stereocenters. The van der Waals surface area contributed by atoms with E-state index < -0.39 is 0 Å². The summed E-state index contributed by atoms with van der Waals surface area (Å²) in [5, 5.41) is 0. The van der Waals surface area contributed by atoms with E-state index >= 15 is 0 Å². The maximum atomic E-state index is 14.0. The zero-order chi connectivity index (χ0) is 21.3. The van der Waals surface area contributed by atoms with Crippen LogP contribution in [0.2, 0.25) is 0 Å². The minimum atomic E-state index is -0.255. The first kappa shape index (κ1) is 23.2. The van der Waals surface area contributed by atoms with Gasteiger partial charge < -0.3 is 9.64 Å². The van der Waals surface area contributed by atoms with Crippen molar-refractivity contribution in [2.45, 2.75) is 64.4 Å². The fourth-order valence-electron chi connectivity index (χ4n) is 4.99. The van der Waals surface area contributed by atoms with Crippen LogP contribution in [0.3, 0.4) is 0 Å². The SMILES string of the molecule is CO[C@@H](C)C(=O)CCCC1CCC(CCN2CCN(c3ccccc3F)CC2)CC1. The Balaban J connectivity index is 1.28. The summed E-state index contributed by atoms with van der Waals surface area (Å²) in [4.78, 5) is 16.6. The van der Waals surface area contributed by atoms with Crippen molar-refractivity contribution in [3.63, 3.8) is 0 Å².